The third-order valence-electron chi connectivity index (χ3n) is 5.08. The van der Waals surface area contributed by atoms with E-state index in [1.54, 1.807) is 4.90 Å². The average Bonchev–Trinajstić information content (AvgIpc) is 2.82. The molecule has 2 heterocycles. The molecule has 194 valence electrons. The topological polar surface area (TPSA) is 101 Å². The van der Waals surface area contributed by atoms with E-state index in [0.29, 0.717) is 37.4 Å². The van der Waals surface area contributed by atoms with E-state index in [0.717, 1.165) is 24.5 Å². The summed E-state index contributed by atoms with van der Waals surface area (Å²) < 4.78 is 84.2. The molecule has 3 rings (SSSR count). The molecule has 0 bridgehead atoms. The molecule has 13 heteroatoms. The third-order valence-corrected chi connectivity index (χ3v) is 5.65. The van der Waals surface area contributed by atoms with Crippen LogP contribution in [0.1, 0.15) is 22.4 Å². The second kappa shape index (κ2) is 11.1. The number of alkyl halides is 3. The number of amides is 1. The van der Waals surface area contributed by atoms with Crippen molar-refractivity contribution in [2.45, 2.75) is 12.7 Å². The monoisotopic (exact) mass is 528 g/mol. The zero-order valence-corrected chi connectivity index (χ0v) is 20.0. The van der Waals surface area contributed by atoms with Gasteiger partial charge in [-0.05, 0) is 35.9 Å². The lowest BCUT2D eigenvalue weighted by molar-refractivity contribution is -0.141. The highest BCUT2D eigenvalue weighted by atomic mass is 32.2. The van der Waals surface area contributed by atoms with Crippen molar-refractivity contribution in [1.82, 2.24) is 10.3 Å². The first-order valence-corrected chi connectivity index (χ1v) is 12.6. The van der Waals surface area contributed by atoms with E-state index in [9.17, 15) is 30.8 Å². The molecule has 0 spiro atoms. The van der Waals surface area contributed by atoms with E-state index >= 15 is 0 Å². The van der Waals surface area contributed by atoms with Gasteiger partial charge in [0, 0.05) is 36.8 Å². The Hall–Kier alpha value is -3.45. The molecule has 1 aliphatic rings. The normalized spacial score (nSPS) is 14.6. The van der Waals surface area contributed by atoms with Crippen LogP contribution in [-0.4, -0.2) is 51.9 Å². The lowest BCUT2D eigenvalue weighted by atomic mass is 10.1. The fourth-order valence-corrected chi connectivity index (χ4v) is 4.02. The lowest BCUT2D eigenvalue weighted by Crippen LogP contribution is -2.37. The summed E-state index contributed by atoms with van der Waals surface area (Å²) in [4.78, 5) is 17.8. The molecule has 1 fully saturated rings. The van der Waals surface area contributed by atoms with E-state index in [2.05, 4.69) is 21.6 Å². The maximum Gasteiger partial charge on any atom is 0.433 e. The number of sulfonamides is 1. The van der Waals surface area contributed by atoms with Crippen molar-refractivity contribution in [3.05, 3.63) is 65.1 Å². The minimum Gasteiger partial charge on any atom is -0.378 e. The van der Waals surface area contributed by atoms with Crippen LogP contribution in [0.25, 0.3) is 12.2 Å². The smallest absolute Gasteiger partial charge is 0.378 e. The standard InChI is InChI=1S/C23H24F4N4O4S/c1-3-16-12-15(13-18(24)21(16)30-36(2,33)34)14-28-20(32)7-5-17-4-6-19(23(25,26)27)29-22(17)31-8-10-35-11-9-31/h3-7,12-13,30H,1,8-11,14H2,2H3,(H,28,32). The zero-order chi connectivity index (χ0) is 26.5. The molecule has 1 aromatic heterocycles. The zero-order valence-electron chi connectivity index (χ0n) is 19.2. The molecule has 0 aliphatic carbocycles. The van der Waals surface area contributed by atoms with Gasteiger partial charge >= 0.3 is 6.18 Å². The fraction of sp³-hybridized carbons (Fsp3) is 0.304. The van der Waals surface area contributed by atoms with Crippen molar-refractivity contribution >= 4 is 39.6 Å². The minimum atomic E-state index is -4.62. The quantitative estimate of drug-likeness (QED) is 0.402. The Labute approximate surface area is 205 Å². The van der Waals surface area contributed by atoms with Crippen LogP contribution in [0.2, 0.25) is 0 Å². The Morgan fingerprint density at radius 3 is 2.53 bits per heavy atom. The highest BCUT2D eigenvalue weighted by Crippen LogP contribution is 2.31. The highest BCUT2D eigenvalue weighted by molar-refractivity contribution is 7.92. The SMILES string of the molecule is C=Cc1cc(CNC(=O)C=Cc2ccc(C(F)(F)F)nc2N2CCOCC2)cc(F)c1NS(C)(=O)=O. The third kappa shape index (κ3) is 7.28. The number of halogens is 4. The van der Waals surface area contributed by atoms with E-state index < -0.39 is 33.6 Å². The average molecular weight is 529 g/mol. The van der Waals surface area contributed by atoms with Gasteiger partial charge in [0.15, 0.2) is 0 Å². The van der Waals surface area contributed by atoms with Crippen molar-refractivity contribution in [3.8, 4) is 0 Å². The van der Waals surface area contributed by atoms with Crippen LogP contribution in [0.15, 0.2) is 36.9 Å². The van der Waals surface area contributed by atoms with Crippen LogP contribution in [0.5, 0.6) is 0 Å². The molecule has 2 N–H and O–H groups in total. The predicted octanol–water partition coefficient (Wildman–Crippen LogP) is 3.42. The summed E-state index contributed by atoms with van der Waals surface area (Å²) in [6, 6.07) is 4.61. The summed E-state index contributed by atoms with van der Waals surface area (Å²) >= 11 is 0. The molecule has 1 aliphatic heterocycles. The van der Waals surface area contributed by atoms with Crippen molar-refractivity contribution in [2.24, 2.45) is 0 Å². The number of morpholine rings is 1. The number of aromatic nitrogens is 1. The maximum atomic E-state index is 14.5. The fourth-order valence-electron chi connectivity index (χ4n) is 3.43. The summed E-state index contributed by atoms with van der Waals surface area (Å²) in [7, 11) is -3.72. The lowest BCUT2D eigenvalue weighted by Gasteiger charge is -2.29. The van der Waals surface area contributed by atoms with Crippen molar-refractivity contribution in [3.63, 3.8) is 0 Å². The summed E-state index contributed by atoms with van der Waals surface area (Å²) in [6.07, 6.45) is 0.0242. The van der Waals surface area contributed by atoms with Gasteiger partial charge in [-0.3, -0.25) is 9.52 Å². The molecular formula is C23H24F4N4O4S. The molecule has 36 heavy (non-hydrogen) atoms. The molecule has 0 atom stereocenters. The van der Waals surface area contributed by atoms with E-state index in [1.165, 1.54) is 24.3 Å². The number of benzene rings is 1. The molecule has 1 saturated heterocycles. The summed E-state index contributed by atoms with van der Waals surface area (Å²) in [5, 5.41) is 2.55. The minimum absolute atomic E-state index is 0.0869. The highest BCUT2D eigenvalue weighted by Gasteiger charge is 2.33. The van der Waals surface area contributed by atoms with Gasteiger partial charge in [-0.15, -0.1) is 0 Å². The Morgan fingerprint density at radius 2 is 1.92 bits per heavy atom. The molecule has 2 aromatic rings. The second-order valence-corrected chi connectivity index (χ2v) is 9.63. The van der Waals surface area contributed by atoms with Crippen molar-refractivity contribution < 1.29 is 35.5 Å². The number of ether oxygens (including phenoxy) is 1. The van der Waals surface area contributed by atoms with Crippen LogP contribution in [0.3, 0.4) is 0 Å². The van der Waals surface area contributed by atoms with E-state index in [4.69, 9.17) is 4.74 Å². The summed E-state index contributed by atoms with van der Waals surface area (Å²) in [6.45, 7) is 4.82. The van der Waals surface area contributed by atoms with Gasteiger partial charge in [-0.1, -0.05) is 12.7 Å². The Kier molecular flexibility index (Phi) is 8.35. The molecular weight excluding hydrogens is 504 g/mol. The van der Waals surface area contributed by atoms with Gasteiger partial charge < -0.3 is 15.0 Å². The van der Waals surface area contributed by atoms with Crippen molar-refractivity contribution in [1.29, 1.82) is 0 Å². The number of rotatable bonds is 8. The number of hydrogen-bond donors (Lipinski definition) is 2. The maximum absolute atomic E-state index is 14.5. The van der Waals surface area contributed by atoms with Gasteiger partial charge in [-0.25, -0.2) is 17.8 Å². The largest absolute Gasteiger partial charge is 0.433 e. The predicted molar refractivity (Wildman–Crippen MR) is 128 cm³/mol. The van der Waals surface area contributed by atoms with E-state index in [-0.39, 0.29) is 23.6 Å². The molecule has 0 radical (unpaired) electrons. The second-order valence-electron chi connectivity index (χ2n) is 7.88. The summed E-state index contributed by atoms with van der Waals surface area (Å²) in [5.74, 6) is -1.34. The molecule has 1 amide bonds. The van der Waals surface area contributed by atoms with Gasteiger partial charge in [-0.2, -0.15) is 13.2 Å². The molecule has 1 aromatic carbocycles. The first-order chi connectivity index (χ1) is 16.9. The Balaban J connectivity index is 1.75. The van der Waals surface area contributed by atoms with Gasteiger partial charge in [0.1, 0.15) is 17.3 Å². The number of pyridine rings is 1. The van der Waals surface area contributed by atoms with Crippen LogP contribution in [-0.2, 0) is 32.3 Å². The number of hydrogen-bond acceptors (Lipinski definition) is 6. The van der Waals surface area contributed by atoms with Crippen LogP contribution in [0, 0.1) is 5.82 Å². The number of nitrogens with one attached hydrogen (secondary N) is 2. The number of carbonyl (C=O) groups excluding carboxylic acids is 1. The number of nitrogens with zero attached hydrogens (tertiary/aromatic N) is 2. The van der Waals surface area contributed by atoms with Gasteiger partial charge in [0.05, 0.1) is 25.2 Å². The molecule has 0 saturated carbocycles. The first-order valence-electron chi connectivity index (χ1n) is 10.7. The van der Waals surface area contributed by atoms with Crippen LogP contribution >= 0.6 is 0 Å². The molecule has 8 nitrogen and oxygen atoms in total. The van der Waals surface area contributed by atoms with Crippen LogP contribution < -0.4 is 14.9 Å². The first kappa shape index (κ1) is 27.1. The molecule has 0 unspecified atom stereocenters. The Bertz CT molecular complexity index is 1270. The Morgan fingerprint density at radius 1 is 1.22 bits per heavy atom. The van der Waals surface area contributed by atoms with Crippen LogP contribution in [0.4, 0.5) is 29.1 Å². The number of carbonyl (C=O) groups is 1. The van der Waals surface area contributed by atoms with Gasteiger partial charge in [0.25, 0.3) is 0 Å². The van der Waals surface area contributed by atoms with E-state index in [1.807, 2.05) is 0 Å². The van der Waals surface area contributed by atoms with Crippen molar-refractivity contribution in [2.75, 3.05) is 42.2 Å². The number of anilines is 2. The van der Waals surface area contributed by atoms with Gasteiger partial charge in [0.2, 0.25) is 15.9 Å². The summed E-state index contributed by atoms with van der Waals surface area (Å²) in [5.41, 5.74) is -0.455.